The fourth-order valence-electron chi connectivity index (χ4n) is 8.89. The summed E-state index contributed by atoms with van der Waals surface area (Å²) in [5.74, 6) is 4.13. The molecule has 13 heteroatoms. The number of nitrogens with two attached hydrogens (primary N) is 1. The summed E-state index contributed by atoms with van der Waals surface area (Å²) in [6, 6.07) is 25.4. The van der Waals surface area contributed by atoms with Crippen LogP contribution in [0.2, 0.25) is 0 Å². The maximum atomic E-state index is 13.2. The van der Waals surface area contributed by atoms with Crippen molar-refractivity contribution in [1.82, 2.24) is 5.32 Å². The van der Waals surface area contributed by atoms with Crippen LogP contribution in [0.3, 0.4) is 0 Å². The van der Waals surface area contributed by atoms with Crippen molar-refractivity contribution in [3.63, 3.8) is 0 Å². The maximum absolute atomic E-state index is 13.2. The second-order valence-corrected chi connectivity index (χ2v) is 19.1. The Balaban J connectivity index is 0.000000625. The average Bonchev–Trinajstić information content (AvgIpc) is 3.43. The van der Waals surface area contributed by atoms with E-state index in [0.29, 0.717) is 53.8 Å². The van der Waals surface area contributed by atoms with E-state index in [1.165, 1.54) is 108 Å². The summed E-state index contributed by atoms with van der Waals surface area (Å²) in [7, 11) is 6.46. The van der Waals surface area contributed by atoms with Gasteiger partial charge in [-0.1, -0.05) is 110 Å². The number of nitrogens with zero attached hydrogens (tertiary/aromatic N) is 1. The minimum absolute atomic E-state index is 0. The first kappa shape index (κ1) is 65.0. The van der Waals surface area contributed by atoms with Crippen LogP contribution in [-0.2, 0) is 14.4 Å². The van der Waals surface area contributed by atoms with Crippen LogP contribution in [0.25, 0.3) is 0 Å². The van der Waals surface area contributed by atoms with Crippen molar-refractivity contribution in [1.29, 1.82) is 0 Å². The van der Waals surface area contributed by atoms with Gasteiger partial charge in [-0.2, -0.15) is 0 Å². The van der Waals surface area contributed by atoms with E-state index in [2.05, 4.69) is 26.1 Å². The Hall–Kier alpha value is -5.11. The molecule has 0 saturated carbocycles. The number of amides is 1. The number of nitrogens with one attached hydrogen (secondary N) is 1. The Labute approximate surface area is 456 Å². The highest BCUT2D eigenvalue weighted by Gasteiger charge is 2.26. The average molecular weight is 1090 g/mol. The molecular weight excluding hydrogens is 999 g/mol. The van der Waals surface area contributed by atoms with Crippen molar-refractivity contribution in [2.24, 2.45) is 5.73 Å². The predicted molar refractivity (Wildman–Crippen MR) is 296 cm³/mol. The number of carbonyl (C=O) groups is 3. The molecule has 0 saturated heterocycles. The largest absolute Gasteiger partial charge is 1.00 e. The Morgan fingerprint density at radius 2 is 0.878 bits per heavy atom. The number of benzene rings is 4. The molecule has 0 bridgehead atoms. The monoisotopic (exact) mass is 1090 g/mol. The summed E-state index contributed by atoms with van der Waals surface area (Å²) in [4.78, 5) is 36.2. The molecule has 412 valence electrons. The standard InChI is InChI=1S/C42H68N2O5.C19H23NO4.BrH/c1-7-11-29-44(30-12-8-2,31-13-9-3)32-21-19-17-15-14-16-18-20-22-41(46)43-42(39-28-27-38(47-5)33-40(39)48-6)35-23-25-37(26-24-35)49-34-36(45)10-4;1-4-14(21)12-24-15-7-5-13(6-8-15)19(20)17-10-9-16(22-2)11-18(17)23-3;/h23-28,33,42H,7-22,29-32,34H2,1-6H3;5-11,19H,4,12,20H2,1-3H3;1H. The van der Waals surface area contributed by atoms with Gasteiger partial charge in [0.1, 0.15) is 47.7 Å². The predicted octanol–water partition coefficient (Wildman–Crippen LogP) is 10.1. The van der Waals surface area contributed by atoms with Crippen LogP contribution in [0.4, 0.5) is 0 Å². The second kappa shape index (κ2) is 37.6. The molecule has 2 unspecified atom stereocenters. The van der Waals surface area contributed by atoms with Gasteiger partial charge in [-0.15, -0.1) is 0 Å². The van der Waals surface area contributed by atoms with Gasteiger partial charge >= 0.3 is 0 Å². The Bertz CT molecular complexity index is 2150. The van der Waals surface area contributed by atoms with Crippen LogP contribution in [0.15, 0.2) is 84.9 Å². The lowest BCUT2D eigenvalue weighted by molar-refractivity contribution is -0.929. The molecule has 0 aliphatic carbocycles. The number of rotatable bonds is 37. The van der Waals surface area contributed by atoms with E-state index >= 15 is 0 Å². The van der Waals surface area contributed by atoms with E-state index in [0.717, 1.165) is 35.1 Å². The van der Waals surface area contributed by atoms with Crippen molar-refractivity contribution in [2.75, 3.05) is 67.8 Å². The lowest BCUT2D eigenvalue weighted by Crippen LogP contribution is -3.00. The SMILES string of the molecule is CCC(=O)COc1ccc(C(N)c2ccc(OC)cc2OC)cc1.CCCC[N+](CCCC)(CCCC)CCCCCCCCCCC(=O)NC(c1ccc(OCC(=O)CC)cc1)c1ccc(OC)cc1OC.[Br-]. The number of ketones is 2. The minimum Gasteiger partial charge on any atom is -1.00 e. The number of quaternary nitrogens is 1. The Kier molecular flexibility index (Phi) is 33.0. The van der Waals surface area contributed by atoms with Crippen molar-refractivity contribution < 1.29 is 64.3 Å². The molecule has 1 amide bonds. The van der Waals surface area contributed by atoms with Crippen LogP contribution in [0.5, 0.6) is 34.5 Å². The van der Waals surface area contributed by atoms with Crippen LogP contribution in [-0.4, -0.2) is 89.8 Å². The van der Waals surface area contributed by atoms with Gasteiger partial charge in [0.2, 0.25) is 5.91 Å². The molecular formula is C61H92BrN3O9. The summed E-state index contributed by atoms with van der Waals surface area (Å²) in [6.45, 7) is 16.2. The van der Waals surface area contributed by atoms with E-state index < -0.39 is 6.04 Å². The summed E-state index contributed by atoms with van der Waals surface area (Å²) in [5, 5.41) is 3.26. The van der Waals surface area contributed by atoms with Gasteiger partial charge in [-0.3, -0.25) is 14.4 Å². The van der Waals surface area contributed by atoms with Crippen molar-refractivity contribution in [2.45, 2.75) is 156 Å². The fraction of sp³-hybridized carbons (Fsp3) is 0.557. The molecule has 0 radical (unpaired) electrons. The number of hydrogen-bond acceptors (Lipinski definition) is 10. The molecule has 2 atom stereocenters. The van der Waals surface area contributed by atoms with Crippen molar-refractivity contribution in [3.05, 3.63) is 107 Å². The summed E-state index contributed by atoms with van der Waals surface area (Å²) in [5.41, 5.74) is 9.91. The fourth-order valence-corrected chi connectivity index (χ4v) is 8.89. The maximum Gasteiger partial charge on any atom is 0.220 e. The molecule has 0 fully saturated rings. The molecule has 12 nitrogen and oxygen atoms in total. The topological polar surface area (TPSA) is 145 Å². The van der Waals surface area contributed by atoms with E-state index in [4.69, 9.17) is 34.2 Å². The quantitative estimate of drug-likeness (QED) is 0.0331. The van der Waals surface area contributed by atoms with Gasteiger partial charge in [0.25, 0.3) is 0 Å². The zero-order chi connectivity index (χ0) is 53.3. The highest BCUT2D eigenvalue weighted by atomic mass is 79.9. The summed E-state index contributed by atoms with van der Waals surface area (Å²) in [6.07, 6.45) is 19.0. The Morgan fingerprint density at radius 1 is 0.486 bits per heavy atom. The molecule has 0 aliphatic heterocycles. The number of Topliss-reactive ketones (excluding diaryl/α,β-unsaturated/α-hetero) is 2. The first-order valence-corrected chi connectivity index (χ1v) is 27.3. The molecule has 74 heavy (non-hydrogen) atoms. The molecule has 0 spiro atoms. The van der Waals surface area contributed by atoms with Crippen LogP contribution < -0.4 is 56.5 Å². The number of carbonyl (C=O) groups excluding carboxylic acids is 3. The lowest BCUT2D eigenvalue weighted by atomic mass is 9.97. The van der Waals surface area contributed by atoms with Gasteiger partial charge < -0.3 is 60.9 Å². The third-order valence-electron chi connectivity index (χ3n) is 13.6. The molecule has 4 aromatic carbocycles. The summed E-state index contributed by atoms with van der Waals surface area (Å²) < 4.78 is 34.2. The third kappa shape index (κ3) is 23.2. The van der Waals surface area contributed by atoms with Crippen LogP contribution in [0, 0.1) is 0 Å². The molecule has 0 aromatic heterocycles. The van der Waals surface area contributed by atoms with Crippen LogP contribution >= 0.6 is 0 Å². The minimum atomic E-state index is -0.400. The normalized spacial score (nSPS) is 11.8. The molecule has 4 rings (SSSR count). The number of hydrogen-bond donors (Lipinski definition) is 2. The number of unbranched alkanes of at least 4 members (excludes halogenated alkanes) is 10. The van der Waals surface area contributed by atoms with E-state index in [1.807, 2.05) is 98.8 Å². The highest BCUT2D eigenvalue weighted by Crippen LogP contribution is 2.35. The highest BCUT2D eigenvalue weighted by molar-refractivity contribution is 5.80. The van der Waals surface area contributed by atoms with E-state index in [-0.39, 0.29) is 53.7 Å². The summed E-state index contributed by atoms with van der Waals surface area (Å²) >= 11 is 0. The van der Waals surface area contributed by atoms with Crippen molar-refractivity contribution in [3.8, 4) is 34.5 Å². The lowest BCUT2D eigenvalue weighted by Gasteiger charge is -2.39. The zero-order valence-electron chi connectivity index (χ0n) is 46.6. The second-order valence-electron chi connectivity index (χ2n) is 19.1. The van der Waals surface area contributed by atoms with Crippen LogP contribution in [0.1, 0.15) is 178 Å². The van der Waals surface area contributed by atoms with Gasteiger partial charge in [-0.05, 0) is 98.2 Å². The molecule has 0 heterocycles. The van der Waals surface area contributed by atoms with E-state index in [1.54, 1.807) is 28.4 Å². The zero-order valence-corrected chi connectivity index (χ0v) is 48.2. The van der Waals surface area contributed by atoms with Gasteiger partial charge in [0, 0.05) is 42.5 Å². The first-order valence-electron chi connectivity index (χ1n) is 27.3. The van der Waals surface area contributed by atoms with Gasteiger partial charge in [0.05, 0.1) is 66.7 Å². The van der Waals surface area contributed by atoms with Gasteiger partial charge in [0.15, 0.2) is 11.6 Å². The third-order valence-corrected chi connectivity index (χ3v) is 13.6. The molecule has 3 N–H and O–H groups in total. The van der Waals surface area contributed by atoms with E-state index in [9.17, 15) is 14.4 Å². The Morgan fingerprint density at radius 3 is 1.31 bits per heavy atom. The number of methoxy groups -OCH3 is 4. The van der Waals surface area contributed by atoms with Gasteiger partial charge in [-0.25, -0.2) is 0 Å². The molecule has 4 aromatic rings. The van der Waals surface area contributed by atoms with Crippen molar-refractivity contribution >= 4 is 17.5 Å². The number of ether oxygens (including phenoxy) is 6. The molecule has 0 aliphatic rings. The number of halogens is 1. The first-order chi connectivity index (χ1) is 35.4. The smallest absolute Gasteiger partial charge is 0.220 e.